The SMILES string of the molecule is CCN(CC)c1ncc(N2CCNCC2)c2cccc(OC)c12. The molecule has 1 saturated heterocycles. The number of hydrogen-bond donors (Lipinski definition) is 1. The van der Waals surface area contributed by atoms with Gasteiger partial charge in [-0.25, -0.2) is 4.98 Å². The normalized spacial score (nSPS) is 15.0. The number of pyridine rings is 1. The smallest absolute Gasteiger partial charge is 0.140 e. The van der Waals surface area contributed by atoms with Gasteiger partial charge in [0.25, 0.3) is 0 Å². The van der Waals surface area contributed by atoms with E-state index in [0.717, 1.165) is 56.2 Å². The Morgan fingerprint density at radius 3 is 2.61 bits per heavy atom. The van der Waals surface area contributed by atoms with Gasteiger partial charge < -0.3 is 19.9 Å². The van der Waals surface area contributed by atoms with Crippen molar-refractivity contribution >= 4 is 22.3 Å². The minimum atomic E-state index is 0.897. The second-order valence-electron chi connectivity index (χ2n) is 5.76. The Labute approximate surface area is 138 Å². The van der Waals surface area contributed by atoms with Crippen molar-refractivity contribution < 1.29 is 4.74 Å². The molecule has 0 spiro atoms. The van der Waals surface area contributed by atoms with Crippen molar-refractivity contribution in [3.05, 3.63) is 24.4 Å². The molecule has 1 aromatic heterocycles. The first-order chi connectivity index (χ1) is 11.3. The van der Waals surface area contributed by atoms with Gasteiger partial charge in [0, 0.05) is 44.7 Å². The predicted molar refractivity (Wildman–Crippen MR) is 96.9 cm³/mol. The number of rotatable bonds is 5. The molecule has 2 aromatic rings. The molecule has 1 fully saturated rings. The van der Waals surface area contributed by atoms with Crippen molar-refractivity contribution in [2.45, 2.75) is 13.8 Å². The zero-order chi connectivity index (χ0) is 16.2. The molecule has 124 valence electrons. The third-order valence-electron chi connectivity index (χ3n) is 4.58. The van der Waals surface area contributed by atoms with Gasteiger partial charge in [-0.15, -0.1) is 0 Å². The van der Waals surface area contributed by atoms with E-state index in [1.807, 2.05) is 12.3 Å². The predicted octanol–water partition coefficient (Wildman–Crippen LogP) is 2.50. The summed E-state index contributed by atoms with van der Waals surface area (Å²) in [5.74, 6) is 1.91. The molecule has 1 N–H and O–H groups in total. The number of fused-ring (bicyclic) bond motifs is 1. The van der Waals surface area contributed by atoms with Crippen LogP contribution in [0.2, 0.25) is 0 Å². The molecular weight excluding hydrogens is 288 g/mol. The van der Waals surface area contributed by atoms with Gasteiger partial charge in [-0.05, 0) is 19.9 Å². The van der Waals surface area contributed by atoms with Crippen molar-refractivity contribution in [2.24, 2.45) is 0 Å². The largest absolute Gasteiger partial charge is 0.496 e. The lowest BCUT2D eigenvalue weighted by Crippen LogP contribution is -2.43. The number of aromatic nitrogens is 1. The molecule has 5 nitrogen and oxygen atoms in total. The van der Waals surface area contributed by atoms with E-state index in [1.54, 1.807) is 7.11 Å². The zero-order valence-electron chi connectivity index (χ0n) is 14.3. The van der Waals surface area contributed by atoms with Crippen LogP contribution in [0.25, 0.3) is 10.8 Å². The molecule has 0 atom stereocenters. The molecule has 1 aliphatic rings. The number of piperazine rings is 1. The summed E-state index contributed by atoms with van der Waals surface area (Å²) in [5.41, 5.74) is 1.20. The van der Waals surface area contributed by atoms with Gasteiger partial charge >= 0.3 is 0 Å². The van der Waals surface area contributed by atoms with Gasteiger partial charge in [-0.2, -0.15) is 0 Å². The van der Waals surface area contributed by atoms with E-state index in [0.29, 0.717) is 0 Å². The van der Waals surface area contributed by atoms with E-state index < -0.39 is 0 Å². The maximum atomic E-state index is 5.65. The monoisotopic (exact) mass is 314 g/mol. The third-order valence-corrected chi connectivity index (χ3v) is 4.58. The Balaban J connectivity index is 2.19. The van der Waals surface area contributed by atoms with Crippen LogP contribution in [0.5, 0.6) is 5.75 Å². The quantitative estimate of drug-likeness (QED) is 0.918. The molecule has 0 unspecified atom stereocenters. The third kappa shape index (κ3) is 2.93. The summed E-state index contributed by atoms with van der Waals surface area (Å²) < 4.78 is 5.65. The topological polar surface area (TPSA) is 40.6 Å². The number of nitrogens with zero attached hydrogens (tertiary/aromatic N) is 3. The van der Waals surface area contributed by atoms with Crippen LogP contribution in [0, 0.1) is 0 Å². The van der Waals surface area contributed by atoms with E-state index in [4.69, 9.17) is 9.72 Å². The minimum Gasteiger partial charge on any atom is -0.496 e. The average molecular weight is 314 g/mol. The van der Waals surface area contributed by atoms with E-state index >= 15 is 0 Å². The Bertz CT molecular complexity index is 663. The van der Waals surface area contributed by atoms with Crippen molar-refractivity contribution in [2.75, 3.05) is 56.2 Å². The van der Waals surface area contributed by atoms with Crippen molar-refractivity contribution in [3.63, 3.8) is 0 Å². The van der Waals surface area contributed by atoms with Crippen LogP contribution in [0.4, 0.5) is 11.5 Å². The first-order valence-corrected chi connectivity index (χ1v) is 8.46. The van der Waals surface area contributed by atoms with Crippen LogP contribution >= 0.6 is 0 Å². The summed E-state index contributed by atoms with van der Waals surface area (Å²) in [5, 5.41) is 5.75. The molecule has 23 heavy (non-hydrogen) atoms. The molecule has 0 saturated carbocycles. The summed E-state index contributed by atoms with van der Waals surface area (Å²) >= 11 is 0. The van der Waals surface area contributed by atoms with Crippen LogP contribution < -0.4 is 19.9 Å². The molecule has 0 bridgehead atoms. The Hall–Kier alpha value is -2.01. The number of benzene rings is 1. The van der Waals surface area contributed by atoms with Crippen LogP contribution in [0.3, 0.4) is 0 Å². The van der Waals surface area contributed by atoms with Crippen LogP contribution in [-0.2, 0) is 0 Å². The summed E-state index contributed by atoms with van der Waals surface area (Å²) in [4.78, 5) is 9.51. The van der Waals surface area contributed by atoms with E-state index in [9.17, 15) is 0 Å². The van der Waals surface area contributed by atoms with Gasteiger partial charge in [0.05, 0.1) is 24.4 Å². The molecule has 0 amide bonds. The number of anilines is 2. The standard InChI is InChI=1S/C18H26N4O/c1-4-21(5-2)18-17-14(7-6-8-16(17)23-3)15(13-20-18)22-11-9-19-10-12-22/h6-8,13,19H,4-5,9-12H2,1-3H3. The fourth-order valence-corrected chi connectivity index (χ4v) is 3.32. The van der Waals surface area contributed by atoms with Gasteiger partial charge in [-0.1, -0.05) is 12.1 Å². The fraction of sp³-hybridized carbons (Fsp3) is 0.500. The van der Waals surface area contributed by atoms with Crippen LogP contribution in [0.15, 0.2) is 24.4 Å². The molecule has 5 heteroatoms. The Morgan fingerprint density at radius 2 is 1.96 bits per heavy atom. The summed E-state index contributed by atoms with van der Waals surface area (Å²) in [6, 6.07) is 6.28. The number of hydrogen-bond acceptors (Lipinski definition) is 5. The number of methoxy groups -OCH3 is 1. The maximum absolute atomic E-state index is 5.65. The molecule has 0 radical (unpaired) electrons. The van der Waals surface area contributed by atoms with Crippen LogP contribution in [-0.4, -0.2) is 51.4 Å². The van der Waals surface area contributed by atoms with E-state index in [1.165, 1.54) is 11.1 Å². The molecule has 3 rings (SSSR count). The Kier molecular flexibility index (Phi) is 4.86. The molecule has 0 aliphatic carbocycles. The molecule has 1 aromatic carbocycles. The second kappa shape index (κ2) is 7.04. The number of nitrogens with one attached hydrogen (secondary N) is 1. The van der Waals surface area contributed by atoms with Gasteiger partial charge in [-0.3, -0.25) is 0 Å². The Morgan fingerprint density at radius 1 is 1.22 bits per heavy atom. The second-order valence-corrected chi connectivity index (χ2v) is 5.76. The summed E-state index contributed by atoms with van der Waals surface area (Å²) in [6.07, 6.45) is 2.03. The number of ether oxygens (including phenoxy) is 1. The highest BCUT2D eigenvalue weighted by molar-refractivity contribution is 6.04. The lowest BCUT2D eigenvalue weighted by Gasteiger charge is -2.31. The highest BCUT2D eigenvalue weighted by Gasteiger charge is 2.19. The lowest BCUT2D eigenvalue weighted by molar-refractivity contribution is 0.419. The highest BCUT2D eigenvalue weighted by Crippen LogP contribution is 2.38. The molecular formula is C18H26N4O. The summed E-state index contributed by atoms with van der Waals surface area (Å²) in [6.45, 7) is 10.3. The van der Waals surface area contributed by atoms with Crippen molar-refractivity contribution in [1.82, 2.24) is 10.3 Å². The van der Waals surface area contributed by atoms with E-state index in [-0.39, 0.29) is 0 Å². The zero-order valence-corrected chi connectivity index (χ0v) is 14.3. The van der Waals surface area contributed by atoms with Gasteiger partial charge in [0.15, 0.2) is 0 Å². The first kappa shape index (κ1) is 15.9. The fourth-order valence-electron chi connectivity index (χ4n) is 3.32. The first-order valence-electron chi connectivity index (χ1n) is 8.46. The van der Waals surface area contributed by atoms with Crippen molar-refractivity contribution in [3.8, 4) is 5.75 Å². The highest BCUT2D eigenvalue weighted by atomic mass is 16.5. The van der Waals surface area contributed by atoms with E-state index in [2.05, 4.69) is 41.1 Å². The van der Waals surface area contributed by atoms with Gasteiger partial charge in [0.2, 0.25) is 0 Å². The van der Waals surface area contributed by atoms with Crippen LogP contribution in [0.1, 0.15) is 13.8 Å². The molecule has 1 aliphatic heterocycles. The van der Waals surface area contributed by atoms with Crippen molar-refractivity contribution in [1.29, 1.82) is 0 Å². The lowest BCUT2D eigenvalue weighted by atomic mass is 10.1. The minimum absolute atomic E-state index is 0.897. The van der Waals surface area contributed by atoms with Gasteiger partial charge in [0.1, 0.15) is 11.6 Å². The maximum Gasteiger partial charge on any atom is 0.140 e. The average Bonchev–Trinajstić information content (AvgIpc) is 2.63. The summed E-state index contributed by atoms with van der Waals surface area (Å²) in [7, 11) is 1.73. The molecule has 2 heterocycles.